The zero-order chi connectivity index (χ0) is 23.4. The van der Waals surface area contributed by atoms with Gasteiger partial charge in [-0.25, -0.2) is 4.79 Å². The van der Waals surface area contributed by atoms with Gasteiger partial charge >= 0.3 is 6.09 Å². The highest BCUT2D eigenvalue weighted by Crippen LogP contribution is 2.33. The molecule has 3 amide bonds. The largest absolute Gasteiger partial charge is 0.444 e. The number of benzene rings is 1. The summed E-state index contributed by atoms with van der Waals surface area (Å²) in [5.74, 6) is -0.526. The van der Waals surface area contributed by atoms with Gasteiger partial charge in [0.2, 0.25) is 11.8 Å². The highest BCUT2D eigenvalue weighted by atomic mass is 16.6. The second-order valence-corrected chi connectivity index (χ2v) is 10.3. The summed E-state index contributed by atoms with van der Waals surface area (Å²) in [5.41, 5.74) is 0.679. The Morgan fingerprint density at radius 3 is 2.26 bits per heavy atom. The highest BCUT2D eigenvalue weighted by Gasteiger charge is 2.39. The maximum absolute atomic E-state index is 13.4. The highest BCUT2D eigenvalue weighted by molar-refractivity contribution is 5.91. The average Bonchev–Trinajstić information content (AvgIpc) is 2.54. The molecule has 2 rings (SSSR count). The summed E-state index contributed by atoms with van der Waals surface area (Å²) in [7, 11) is 0. The Balaban J connectivity index is 2.31. The molecule has 172 valence electrons. The third-order valence-electron chi connectivity index (χ3n) is 4.92. The topological polar surface area (TPSA) is 87.7 Å². The van der Waals surface area contributed by atoms with Gasteiger partial charge in [0.1, 0.15) is 18.2 Å². The predicted octanol–water partition coefficient (Wildman–Crippen LogP) is 3.86. The molecule has 1 aromatic carbocycles. The summed E-state index contributed by atoms with van der Waals surface area (Å²) in [4.78, 5) is 40.4. The molecule has 7 nitrogen and oxygen atoms in total. The molecule has 1 fully saturated rings. The maximum atomic E-state index is 13.4. The molecule has 1 saturated carbocycles. The fourth-order valence-corrected chi connectivity index (χ4v) is 3.49. The molecule has 1 atom stereocenters. The number of hydrogen-bond donors (Lipinski definition) is 2. The van der Waals surface area contributed by atoms with Crippen LogP contribution in [0.25, 0.3) is 0 Å². The van der Waals surface area contributed by atoms with Crippen molar-refractivity contribution < 1.29 is 19.1 Å². The quantitative estimate of drug-likeness (QED) is 0.716. The van der Waals surface area contributed by atoms with Gasteiger partial charge in [0.05, 0.1) is 0 Å². The fraction of sp³-hybridized carbons (Fsp3) is 0.625. The SMILES string of the molecule is Cc1cccc(C(C(=O)NC(C)(C)C)N(C(=O)CNC(=O)OC(C)(C)C)C2CCC2)c1. The molecule has 31 heavy (non-hydrogen) atoms. The van der Waals surface area contributed by atoms with Gasteiger partial charge in [-0.05, 0) is 73.3 Å². The fourth-order valence-electron chi connectivity index (χ4n) is 3.49. The normalized spacial score (nSPS) is 15.5. The molecule has 0 aliphatic heterocycles. The van der Waals surface area contributed by atoms with E-state index in [-0.39, 0.29) is 24.4 Å². The number of alkyl carbamates (subject to hydrolysis) is 1. The van der Waals surface area contributed by atoms with E-state index in [1.165, 1.54) is 0 Å². The lowest BCUT2D eigenvalue weighted by Crippen LogP contribution is -2.55. The van der Waals surface area contributed by atoms with Gasteiger partial charge in [-0.15, -0.1) is 0 Å². The van der Waals surface area contributed by atoms with Crippen LogP contribution in [-0.4, -0.2) is 46.5 Å². The summed E-state index contributed by atoms with van der Waals surface area (Å²) < 4.78 is 5.24. The number of amides is 3. The zero-order valence-corrected chi connectivity index (χ0v) is 19.9. The third kappa shape index (κ3) is 7.56. The van der Waals surface area contributed by atoms with Crippen LogP contribution in [0.15, 0.2) is 24.3 Å². The molecule has 2 N–H and O–H groups in total. The molecular weight excluding hydrogens is 394 g/mol. The van der Waals surface area contributed by atoms with Crippen LogP contribution in [0.1, 0.15) is 78.0 Å². The lowest BCUT2D eigenvalue weighted by atomic mass is 9.88. The number of carbonyl (C=O) groups is 3. The van der Waals surface area contributed by atoms with E-state index >= 15 is 0 Å². The Morgan fingerprint density at radius 1 is 1.13 bits per heavy atom. The van der Waals surface area contributed by atoms with E-state index in [1.54, 1.807) is 25.7 Å². The van der Waals surface area contributed by atoms with Gasteiger partial charge in [0.25, 0.3) is 0 Å². The van der Waals surface area contributed by atoms with E-state index in [0.29, 0.717) is 0 Å². The summed E-state index contributed by atoms with van der Waals surface area (Å²) in [6, 6.07) is 6.86. The Labute approximate surface area is 185 Å². The molecule has 1 aliphatic rings. The molecule has 1 aromatic rings. The first-order valence-corrected chi connectivity index (χ1v) is 10.9. The number of ether oxygens (including phenoxy) is 1. The summed E-state index contributed by atoms with van der Waals surface area (Å²) in [6.07, 6.45) is 2.03. The van der Waals surface area contributed by atoms with Crippen LogP contribution in [0.4, 0.5) is 4.79 Å². The molecule has 0 saturated heterocycles. The van der Waals surface area contributed by atoms with Gasteiger partial charge in [0, 0.05) is 11.6 Å². The van der Waals surface area contributed by atoms with Crippen molar-refractivity contribution in [3.63, 3.8) is 0 Å². The summed E-state index contributed by atoms with van der Waals surface area (Å²) in [6.45, 7) is 12.8. The van der Waals surface area contributed by atoms with Gasteiger partial charge in [-0.1, -0.05) is 29.8 Å². The van der Waals surface area contributed by atoms with Gasteiger partial charge in [-0.3, -0.25) is 9.59 Å². The van der Waals surface area contributed by atoms with Crippen LogP contribution in [-0.2, 0) is 14.3 Å². The Morgan fingerprint density at radius 2 is 1.77 bits per heavy atom. The lowest BCUT2D eigenvalue weighted by molar-refractivity contribution is -0.145. The van der Waals surface area contributed by atoms with Crippen molar-refractivity contribution in [2.75, 3.05) is 6.54 Å². The Bertz CT molecular complexity index is 804. The van der Waals surface area contributed by atoms with Crippen LogP contribution in [0, 0.1) is 6.92 Å². The minimum absolute atomic E-state index is 0.0378. The molecule has 7 heteroatoms. The Kier molecular flexibility index (Phi) is 7.73. The van der Waals surface area contributed by atoms with Gasteiger partial charge < -0.3 is 20.3 Å². The van der Waals surface area contributed by atoms with Crippen molar-refractivity contribution >= 4 is 17.9 Å². The van der Waals surface area contributed by atoms with E-state index in [9.17, 15) is 14.4 Å². The van der Waals surface area contributed by atoms with Crippen LogP contribution < -0.4 is 10.6 Å². The van der Waals surface area contributed by atoms with Crippen molar-refractivity contribution in [3.8, 4) is 0 Å². The first kappa shape index (κ1) is 24.7. The minimum atomic E-state index is -0.766. The number of nitrogens with one attached hydrogen (secondary N) is 2. The second-order valence-electron chi connectivity index (χ2n) is 10.3. The average molecular weight is 432 g/mol. The van der Waals surface area contributed by atoms with E-state index < -0.39 is 23.3 Å². The summed E-state index contributed by atoms with van der Waals surface area (Å²) >= 11 is 0. The van der Waals surface area contributed by atoms with E-state index in [4.69, 9.17) is 4.74 Å². The molecule has 1 unspecified atom stereocenters. The molecule has 0 spiro atoms. The van der Waals surface area contributed by atoms with E-state index in [1.807, 2.05) is 52.0 Å². The summed E-state index contributed by atoms with van der Waals surface area (Å²) in [5, 5.41) is 5.57. The van der Waals surface area contributed by atoms with E-state index in [2.05, 4.69) is 10.6 Å². The molecule has 0 radical (unpaired) electrons. The number of nitrogens with zero attached hydrogens (tertiary/aromatic N) is 1. The van der Waals surface area contributed by atoms with Crippen molar-refractivity contribution in [3.05, 3.63) is 35.4 Å². The Hall–Kier alpha value is -2.57. The van der Waals surface area contributed by atoms with Crippen molar-refractivity contribution in [2.45, 2.75) is 91.0 Å². The number of rotatable bonds is 6. The lowest BCUT2D eigenvalue weighted by Gasteiger charge is -2.43. The van der Waals surface area contributed by atoms with Crippen LogP contribution in [0.5, 0.6) is 0 Å². The van der Waals surface area contributed by atoms with Crippen LogP contribution in [0.2, 0.25) is 0 Å². The standard InChI is InChI=1S/C24H37N3O4/c1-16-10-8-11-17(14-16)20(21(29)26-23(2,3)4)27(18-12-9-13-18)19(28)15-25-22(30)31-24(5,6)7/h8,10-11,14,18,20H,9,12-13,15H2,1-7H3,(H,25,30)(H,26,29). The first-order valence-electron chi connectivity index (χ1n) is 10.9. The van der Waals surface area contributed by atoms with Crippen molar-refractivity contribution in [1.29, 1.82) is 0 Å². The van der Waals surface area contributed by atoms with Crippen molar-refractivity contribution in [1.82, 2.24) is 15.5 Å². The first-order chi connectivity index (χ1) is 14.3. The van der Waals surface area contributed by atoms with Gasteiger partial charge in [-0.2, -0.15) is 0 Å². The van der Waals surface area contributed by atoms with E-state index in [0.717, 1.165) is 30.4 Å². The maximum Gasteiger partial charge on any atom is 0.408 e. The number of carbonyl (C=O) groups excluding carboxylic acids is 3. The van der Waals surface area contributed by atoms with Gasteiger partial charge in [0.15, 0.2) is 0 Å². The number of hydrogen-bond acceptors (Lipinski definition) is 4. The van der Waals surface area contributed by atoms with Crippen molar-refractivity contribution in [2.24, 2.45) is 0 Å². The smallest absolute Gasteiger partial charge is 0.408 e. The second kappa shape index (κ2) is 9.71. The van der Waals surface area contributed by atoms with Crippen LogP contribution in [0.3, 0.4) is 0 Å². The molecule has 0 bridgehead atoms. The number of aryl methyl sites for hydroxylation is 1. The van der Waals surface area contributed by atoms with Crippen LogP contribution >= 0.6 is 0 Å². The predicted molar refractivity (Wildman–Crippen MR) is 121 cm³/mol. The minimum Gasteiger partial charge on any atom is -0.444 e. The molecule has 0 aromatic heterocycles. The zero-order valence-electron chi connectivity index (χ0n) is 19.9. The monoisotopic (exact) mass is 431 g/mol. The molecule has 1 aliphatic carbocycles. The third-order valence-corrected chi connectivity index (χ3v) is 4.92. The molecule has 0 heterocycles. The molecular formula is C24H37N3O4.